The summed E-state index contributed by atoms with van der Waals surface area (Å²) in [5.74, 6) is 1.10. The average Bonchev–Trinajstić information content (AvgIpc) is 2.63. The van der Waals surface area contributed by atoms with Crippen molar-refractivity contribution >= 4 is 11.9 Å². The highest BCUT2D eigenvalue weighted by atomic mass is 15.3. The SMILES string of the molecule is C/C(=C\c1ccccc1)CNCc1ccnc(N2CCN(C)CC2)c1. The van der Waals surface area contributed by atoms with Crippen molar-refractivity contribution in [2.75, 3.05) is 44.7 Å². The first-order chi connectivity index (χ1) is 12.2. The number of nitrogens with zero attached hydrogens (tertiary/aromatic N) is 3. The molecule has 132 valence electrons. The average molecular weight is 336 g/mol. The molecule has 1 aromatic carbocycles. The summed E-state index contributed by atoms with van der Waals surface area (Å²) in [5.41, 5.74) is 3.87. The normalized spacial score (nSPS) is 16.2. The molecule has 3 rings (SSSR count). The smallest absolute Gasteiger partial charge is 0.128 e. The van der Waals surface area contributed by atoms with Crippen LogP contribution in [0.2, 0.25) is 0 Å². The number of likely N-dealkylation sites (N-methyl/N-ethyl adjacent to an activating group) is 1. The minimum absolute atomic E-state index is 0.864. The number of hydrogen-bond acceptors (Lipinski definition) is 4. The van der Waals surface area contributed by atoms with Gasteiger partial charge in [0.1, 0.15) is 5.82 Å². The Bertz CT molecular complexity index is 688. The first kappa shape index (κ1) is 17.6. The lowest BCUT2D eigenvalue weighted by Gasteiger charge is -2.33. The molecule has 0 amide bonds. The fraction of sp³-hybridized carbons (Fsp3) is 0.381. The molecule has 0 atom stereocenters. The van der Waals surface area contributed by atoms with Crippen molar-refractivity contribution in [3.63, 3.8) is 0 Å². The summed E-state index contributed by atoms with van der Waals surface area (Å²) in [6, 6.07) is 14.8. The fourth-order valence-corrected chi connectivity index (χ4v) is 3.07. The predicted molar refractivity (Wildman–Crippen MR) is 106 cm³/mol. The first-order valence-corrected chi connectivity index (χ1v) is 9.02. The molecule has 2 heterocycles. The Morgan fingerprint density at radius 3 is 2.64 bits per heavy atom. The standard InChI is InChI=1S/C21H28N4/c1-18(14-19-6-4-3-5-7-19)16-22-17-20-8-9-23-21(15-20)25-12-10-24(2)11-13-25/h3-9,14-15,22H,10-13,16-17H2,1-2H3/b18-14+. The largest absolute Gasteiger partial charge is 0.354 e. The summed E-state index contributed by atoms with van der Waals surface area (Å²) in [6.45, 7) is 8.24. The maximum absolute atomic E-state index is 4.56. The Hall–Kier alpha value is -2.17. The van der Waals surface area contributed by atoms with Crippen LogP contribution in [0.5, 0.6) is 0 Å². The van der Waals surface area contributed by atoms with E-state index in [-0.39, 0.29) is 0 Å². The Morgan fingerprint density at radius 2 is 1.88 bits per heavy atom. The molecule has 0 unspecified atom stereocenters. The summed E-state index contributed by atoms with van der Waals surface area (Å²) in [6.07, 6.45) is 4.16. The van der Waals surface area contributed by atoms with Gasteiger partial charge >= 0.3 is 0 Å². The van der Waals surface area contributed by atoms with Gasteiger partial charge in [-0.1, -0.05) is 42.0 Å². The third kappa shape index (κ3) is 5.41. The van der Waals surface area contributed by atoms with Gasteiger partial charge in [0.05, 0.1) is 0 Å². The van der Waals surface area contributed by atoms with E-state index in [1.807, 2.05) is 12.3 Å². The summed E-state index contributed by atoms with van der Waals surface area (Å²) in [5, 5.41) is 3.54. The van der Waals surface area contributed by atoms with Crippen LogP contribution in [0, 0.1) is 0 Å². The van der Waals surface area contributed by atoms with Gasteiger partial charge in [-0.05, 0) is 37.2 Å². The van der Waals surface area contributed by atoms with Crippen molar-refractivity contribution in [3.8, 4) is 0 Å². The van der Waals surface area contributed by atoms with Gasteiger partial charge in [-0.2, -0.15) is 0 Å². The third-order valence-electron chi connectivity index (χ3n) is 4.58. The maximum Gasteiger partial charge on any atom is 0.128 e. The highest BCUT2D eigenvalue weighted by Crippen LogP contribution is 2.15. The number of anilines is 1. The Labute approximate surface area is 151 Å². The third-order valence-corrected chi connectivity index (χ3v) is 4.58. The molecule has 0 bridgehead atoms. The zero-order valence-electron chi connectivity index (χ0n) is 15.3. The molecule has 0 aliphatic carbocycles. The van der Waals surface area contributed by atoms with Crippen LogP contribution in [0.25, 0.3) is 6.08 Å². The number of hydrogen-bond donors (Lipinski definition) is 1. The zero-order valence-corrected chi connectivity index (χ0v) is 15.3. The molecule has 4 nitrogen and oxygen atoms in total. The van der Waals surface area contributed by atoms with Crippen molar-refractivity contribution in [2.24, 2.45) is 0 Å². The van der Waals surface area contributed by atoms with Crippen LogP contribution in [0.4, 0.5) is 5.82 Å². The molecule has 1 N–H and O–H groups in total. The molecule has 4 heteroatoms. The quantitative estimate of drug-likeness (QED) is 0.879. The van der Waals surface area contributed by atoms with E-state index in [0.29, 0.717) is 0 Å². The van der Waals surface area contributed by atoms with E-state index >= 15 is 0 Å². The lowest BCUT2D eigenvalue weighted by atomic mass is 10.1. The summed E-state index contributed by atoms with van der Waals surface area (Å²) in [4.78, 5) is 9.30. The lowest BCUT2D eigenvalue weighted by molar-refractivity contribution is 0.312. The molecule has 1 aromatic heterocycles. The van der Waals surface area contributed by atoms with Crippen LogP contribution < -0.4 is 10.2 Å². The maximum atomic E-state index is 4.56. The molecule has 1 aliphatic rings. The minimum Gasteiger partial charge on any atom is -0.354 e. The van der Waals surface area contributed by atoms with E-state index in [4.69, 9.17) is 0 Å². The van der Waals surface area contributed by atoms with Crippen LogP contribution in [0.15, 0.2) is 54.2 Å². The molecular formula is C21H28N4. The summed E-state index contributed by atoms with van der Waals surface area (Å²) < 4.78 is 0. The van der Waals surface area contributed by atoms with Gasteiger partial charge < -0.3 is 15.1 Å². The Morgan fingerprint density at radius 1 is 1.12 bits per heavy atom. The first-order valence-electron chi connectivity index (χ1n) is 9.02. The zero-order chi connectivity index (χ0) is 17.5. The molecule has 0 spiro atoms. The van der Waals surface area contributed by atoms with E-state index in [0.717, 1.165) is 45.1 Å². The van der Waals surface area contributed by atoms with Gasteiger partial charge in [0.2, 0.25) is 0 Å². The van der Waals surface area contributed by atoms with Crippen LogP contribution in [-0.2, 0) is 6.54 Å². The number of piperazine rings is 1. The topological polar surface area (TPSA) is 31.4 Å². The van der Waals surface area contributed by atoms with E-state index in [1.54, 1.807) is 0 Å². The molecule has 1 saturated heterocycles. The number of nitrogens with one attached hydrogen (secondary N) is 1. The molecular weight excluding hydrogens is 308 g/mol. The highest BCUT2D eigenvalue weighted by molar-refractivity contribution is 5.52. The van der Waals surface area contributed by atoms with Gasteiger partial charge in [0.15, 0.2) is 0 Å². The second-order valence-electron chi connectivity index (χ2n) is 6.82. The second-order valence-corrected chi connectivity index (χ2v) is 6.82. The van der Waals surface area contributed by atoms with Crippen molar-refractivity contribution in [2.45, 2.75) is 13.5 Å². The number of pyridine rings is 1. The van der Waals surface area contributed by atoms with Crippen LogP contribution >= 0.6 is 0 Å². The molecule has 1 aliphatic heterocycles. The van der Waals surface area contributed by atoms with E-state index < -0.39 is 0 Å². The van der Waals surface area contributed by atoms with Gasteiger partial charge in [-0.25, -0.2) is 4.98 Å². The van der Waals surface area contributed by atoms with Gasteiger partial charge in [-0.3, -0.25) is 0 Å². The monoisotopic (exact) mass is 336 g/mol. The van der Waals surface area contributed by atoms with Crippen molar-refractivity contribution in [1.29, 1.82) is 0 Å². The Kier molecular flexibility index (Phi) is 6.20. The molecule has 0 radical (unpaired) electrons. The van der Waals surface area contributed by atoms with Crippen molar-refractivity contribution < 1.29 is 0 Å². The number of benzene rings is 1. The van der Waals surface area contributed by atoms with Crippen molar-refractivity contribution in [3.05, 3.63) is 65.4 Å². The fourth-order valence-electron chi connectivity index (χ4n) is 3.07. The van der Waals surface area contributed by atoms with E-state index in [1.165, 1.54) is 16.7 Å². The van der Waals surface area contributed by atoms with Gasteiger partial charge in [-0.15, -0.1) is 0 Å². The van der Waals surface area contributed by atoms with E-state index in [9.17, 15) is 0 Å². The predicted octanol–water partition coefficient (Wildman–Crippen LogP) is 3.03. The molecule has 25 heavy (non-hydrogen) atoms. The van der Waals surface area contributed by atoms with Crippen LogP contribution in [0.3, 0.4) is 0 Å². The number of aromatic nitrogens is 1. The minimum atomic E-state index is 0.864. The van der Waals surface area contributed by atoms with Crippen LogP contribution in [-0.4, -0.2) is 49.7 Å². The van der Waals surface area contributed by atoms with Crippen molar-refractivity contribution in [1.82, 2.24) is 15.2 Å². The van der Waals surface area contributed by atoms with Gasteiger partial charge in [0, 0.05) is 45.5 Å². The molecule has 2 aromatic rings. The second kappa shape index (κ2) is 8.79. The lowest BCUT2D eigenvalue weighted by Crippen LogP contribution is -2.44. The highest BCUT2D eigenvalue weighted by Gasteiger charge is 2.15. The molecule has 1 fully saturated rings. The van der Waals surface area contributed by atoms with Crippen LogP contribution in [0.1, 0.15) is 18.1 Å². The van der Waals surface area contributed by atoms with E-state index in [2.05, 4.69) is 76.5 Å². The summed E-state index contributed by atoms with van der Waals surface area (Å²) >= 11 is 0. The molecule has 0 saturated carbocycles. The number of rotatable bonds is 6. The summed E-state index contributed by atoms with van der Waals surface area (Å²) in [7, 11) is 2.18. The Balaban J connectivity index is 1.52. The van der Waals surface area contributed by atoms with Gasteiger partial charge in [0.25, 0.3) is 0 Å².